The van der Waals surface area contributed by atoms with Crippen molar-refractivity contribution in [1.29, 1.82) is 0 Å². The van der Waals surface area contributed by atoms with Crippen molar-refractivity contribution in [1.82, 2.24) is 0 Å². The number of hydrogen-bond donors (Lipinski definition) is 0. The van der Waals surface area contributed by atoms with Gasteiger partial charge >= 0.3 is 162 Å². The van der Waals surface area contributed by atoms with Crippen molar-refractivity contribution in [2.75, 3.05) is 7.11 Å². The first-order valence-corrected chi connectivity index (χ1v) is 9.80. The summed E-state index contributed by atoms with van der Waals surface area (Å²) in [6.07, 6.45) is 1.54. The van der Waals surface area contributed by atoms with Crippen LogP contribution in [0.25, 0.3) is 0 Å². The third-order valence-electron chi connectivity index (χ3n) is 4.89. The van der Waals surface area contributed by atoms with Gasteiger partial charge < -0.3 is 0 Å². The molecule has 0 N–H and O–H groups in total. The second-order valence-electron chi connectivity index (χ2n) is 6.59. The van der Waals surface area contributed by atoms with Gasteiger partial charge in [0.05, 0.1) is 0 Å². The van der Waals surface area contributed by atoms with E-state index in [4.69, 9.17) is 9.26 Å². The molecule has 0 bridgehead atoms. The minimum absolute atomic E-state index is 0.329. The van der Waals surface area contributed by atoms with Crippen LogP contribution in [0, 0.1) is 0 Å². The van der Waals surface area contributed by atoms with E-state index in [0.29, 0.717) is 15.0 Å². The Morgan fingerprint density at radius 2 is 1.30 bits per heavy atom. The Hall–Kier alpha value is -2.48. The Morgan fingerprint density at radius 3 is 1.70 bits per heavy atom. The first-order chi connectivity index (χ1) is 13.2. The SMILES string of the molecule is COC(=O)c1ccc(C(Cc2ccccc2)(Cc2ccccc2)O[PH4])cc1. The van der Waals surface area contributed by atoms with Gasteiger partial charge in [-0.2, -0.15) is 0 Å². The van der Waals surface area contributed by atoms with E-state index in [1.165, 1.54) is 18.2 Å². The number of methoxy groups -OCH3 is 1. The molecule has 0 aromatic heterocycles. The minimum atomic E-state index is -0.469. The number of hydrogen-bond acceptors (Lipinski definition) is 3. The number of benzene rings is 3. The molecule has 3 aromatic rings. The van der Waals surface area contributed by atoms with Crippen molar-refractivity contribution < 1.29 is 14.1 Å². The number of esters is 1. The van der Waals surface area contributed by atoms with Gasteiger partial charge in [0.1, 0.15) is 0 Å². The molecule has 3 aromatic carbocycles. The molecule has 0 aliphatic heterocycles. The van der Waals surface area contributed by atoms with Crippen LogP contribution in [-0.2, 0) is 27.7 Å². The molecule has 0 spiro atoms. The van der Waals surface area contributed by atoms with Crippen molar-refractivity contribution in [3.63, 3.8) is 0 Å². The molecule has 0 radical (unpaired) electrons. The molecule has 0 atom stereocenters. The van der Waals surface area contributed by atoms with Crippen molar-refractivity contribution >= 4 is 15.4 Å². The Bertz CT molecular complexity index is 820. The van der Waals surface area contributed by atoms with E-state index in [0.717, 1.165) is 18.4 Å². The standard InChI is InChI=1S/C23H25O3P/c1-25-22(24)20-12-14-21(15-13-20)23(26-27,16-18-8-4-2-5-9-18)17-19-10-6-3-7-11-19/h2-15H,16-17H2,1H3,27H4. The summed E-state index contributed by atoms with van der Waals surface area (Å²) >= 11 is 0. The van der Waals surface area contributed by atoms with E-state index >= 15 is 0 Å². The molecule has 0 aliphatic rings. The first-order valence-electron chi connectivity index (χ1n) is 8.99. The molecule has 0 fully saturated rings. The van der Waals surface area contributed by atoms with Gasteiger partial charge in [0.15, 0.2) is 0 Å². The summed E-state index contributed by atoms with van der Waals surface area (Å²) in [5, 5.41) is 0. The van der Waals surface area contributed by atoms with Crippen molar-refractivity contribution in [3.8, 4) is 0 Å². The molecule has 27 heavy (non-hydrogen) atoms. The number of carbonyl (C=O) groups excluding carboxylic acids is 1. The Labute approximate surface area is 162 Å². The summed E-state index contributed by atoms with van der Waals surface area (Å²) in [5.74, 6) is -0.329. The van der Waals surface area contributed by atoms with Gasteiger partial charge in [0, 0.05) is 0 Å². The second-order valence-corrected chi connectivity index (χ2v) is 7.00. The van der Waals surface area contributed by atoms with Gasteiger partial charge in [0.25, 0.3) is 0 Å². The first kappa shape index (κ1) is 19.3. The predicted molar refractivity (Wildman–Crippen MR) is 113 cm³/mol. The molecular weight excluding hydrogens is 355 g/mol. The van der Waals surface area contributed by atoms with Crippen molar-refractivity contribution in [3.05, 3.63) is 107 Å². The number of ether oxygens (including phenoxy) is 1. The molecule has 4 heteroatoms. The van der Waals surface area contributed by atoms with E-state index in [1.54, 1.807) is 0 Å². The van der Waals surface area contributed by atoms with Gasteiger partial charge in [-0.1, -0.05) is 0 Å². The molecule has 140 valence electrons. The van der Waals surface area contributed by atoms with Crippen LogP contribution in [0.15, 0.2) is 84.9 Å². The summed E-state index contributed by atoms with van der Waals surface area (Å²) in [5.41, 5.74) is 3.59. The second kappa shape index (κ2) is 8.94. The van der Waals surface area contributed by atoms with E-state index in [2.05, 4.69) is 48.5 Å². The van der Waals surface area contributed by atoms with Crippen LogP contribution >= 0.6 is 9.47 Å². The van der Waals surface area contributed by atoms with Crippen LogP contribution in [0.3, 0.4) is 0 Å². The van der Waals surface area contributed by atoms with Crippen LogP contribution < -0.4 is 0 Å². The Kier molecular flexibility index (Phi) is 6.39. The Balaban J connectivity index is 2.01. The normalized spacial score (nSPS) is 11.2. The van der Waals surface area contributed by atoms with Crippen molar-refractivity contribution in [2.24, 2.45) is 0 Å². The number of rotatable bonds is 7. The average molecular weight is 380 g/mol. The van der Waals surface area contributed by atoms with Gasteiger partial charge in [-0.25, -0.2) is 0 Å². The zero-order chi connectivity index (χ0) is 19.1. The fourth-order valence-electron chi connectivity index (χ4n) is 3.41. The van der Waals surface area contributed by atoms with E-state index < -0.39 is 5.60 Å². The topological polar surface area (TPSA) is 35.5 Å². The van der Waals surface area contributed by atoms with Crippen LogP contribution in [0.4, 0.5) is 0 Å². The third-order valence-corrected chi connectivity index (χ3v) is 5.67. The zero-order valence-electron chi connectivity index (χ0n) is 15.7. The molecule has 0 saturated carbocycles. The van der Waals surface area contributed by atoms with E-state index in [-0.39, 0.29) is 5.97 Å². The molecule has 0 unspecified atom stereocenters. The fraction of sp³-hybridized carbons (Fsp3) is 0.174. The van der Waals surface area contributed by atoms with Crippen LogP contribution in [0.1, 0.15) is 27.0 Å². The molecule has 3 rings (SSSR count). The quantitative estimate of drug-likeness (QED) is 0.449. The molecule has 0 saturated heterocycles. The van der Waals surface area contributed by atoms with Gasteiger partial charge in [-0.05, 0) is 0 Å². The Morgan fingerprint density at radius 1 is 0.815 bits per heavy atom. The summed E-state index contributed by atoms with van der Waals surface area (Å²) < 4.78 is 11.1. The maximum atomic E-state index is 11.8. The van der Waals surface area contributed by atoms with E-state index in [9.17, 15) is 4.79 Å². The molecule has 0 aliphatic carbocycles. The summed E-state index contributed by atoms with van der Waals surface area (Å²) in [6, 6.07) is 28.4. The summed E-state index contributed by atoms with van der Waals surface area (Å²) in [7, 11) is 2.00. The van der Waals surface area contributed by atoms with Gasteiger partial charge in [0.2, 0.25) is 0 Å². The van der Waals surface area contributed by atoms with Gasteiger partial charge in [-0.15, -0.1) is 0 Å². The zero-order valence-corrected chi connectivity index (χ0v) is 17.7. The molecule has 3 nitrogen and oxygen atoms in total. The monoisotopic (exact) mass is 380 g/mol. The molecule has 0 heterocycles. The van der Waals surface area contributed by atoms with Crippen LogP contribution in [-0.4, -0.2) is 13.1 Å². The maximum absolute atomic E-state index is 11.8. The predicted octanol–water partition coefficient (Wildman–Crippen LogP) is 4.43. The fourth-order valence-corrected chi connectivity index (χ4v) is 3.93. The van der Waals surface area contributed by atoms with E-state index in [1.807, 2.05) is 36.4 Å². The number of carbonyl (C=O) groups is 1. The summed E-state index contributed by atoms with van der Waals surface area (Å²) in [4.78, 5) is 11.8. The molecular formula is C23H25O3P. The van der Waals surface area contributed by atoms with Crippen LogP contribution in [0.2, 0.25) is 0 Å². The van der Waals surface area contributed by atoms with Crippen LogP contribution in [0.5, 0.6) is 0 Å². The summed E-state index contributed by atoms with van der Waals surface area (Å²) in [6.45, 7) is 0. The third kappa shape index (κ3) is 4.63. The van der Waals surface area contributed by atoms with Gasteiger partial charge in [-0.3, -0.25) is 0 Å². The van der Waals surface area contributed by atoms with Crippen molar-refractivity contribution in [2.45, 2.75) is 18.4 Å². The molecule has 0 amide bonds. The average Bonchev–Trinajstić information content (AvgIpc) is 2.74.